The van der Waals surface area contributed by atoms with Gasteiger partial charge in [-0.15, -0.1) is 10.2 Å². The molecule has 0 aliphatic heterocycles. The highest BCUT2D eigenvalue weighted by Gasteiger charge is 2.27. The number of ketones is 1. The second-order valence-corrected chi connectivity index (χ2v) is 10.1. The van der Waals surface area contributed by atoms with Crippen molar-refractivity contribution in [3.05, 3.63) is 72.1 Å². The van der Waals surface area contributed by atoms with Gasteiger partial charge in [0.15, 0.2) is 9.84 Å². The number of aromatic nitrogens is 2. The van der Waals surface area contributed by atoms with E-state index < -0.39 is 33.5 Å². The number of hydrogen-bond acceptors (Lipinski definition) is 8. The van der Waals surface area contributed by atoms with Crippen LogP contribution in [0.3, 0.4) is 0 Å². The molecule has 0 aliphatic carbocycles. The number of hydrogen-bond donors (Lipinski definition) is 2. The van der Waals surface area contributed by atoms with Crippen LogP contribution in [0.15, 0.2) is 65.1 Å². The van der Waals surface area contributed by atoms with E-state index in [0.717, 1.165) is 0 Å². The zero-order valence-corrected chi connectivity index (χ0v) is 19.7. The van der Waals surface area contributed by atoms with Crippen LogP contribution in [0.2, 0.25) is 0 Å². The molecule has 1 aromatic heterocycles. The lowest BCUT2D eigenvalue weighted by atomic mass is 10.0. The Labute approximate surface area is 202 Å². The summed E-state index contributed by atoms with van der Waals surface area (Å²) in [5, 5.41) is 10.2. The number of sulfone groups is 1. The van der Waals surface area contributed by atoms with Gasteiger partial charge in [-0.05, 0) is 30.5 Å². The van der Waals surface area contributed by atoms with Crippen molar-refractivity contribution in [2.45, 2.75) is 37.5 Å². The smallest absolute Gasteiger partial charge is 0.286 e. The summed E-state index contributed by atoms with van der Waals surface area (Å²) in [6.45, 7) is 0. The maximum Gasteiger partial charge on any atom is 0.286 e. The lowest BCUT2D eigenvalue weighted by molar-refractivity contribution is -0.121. The summed E-state index contributed by atoms with van der Waals surface area (Å²) >= 11 is 0. The first-order valence-electron chi connectivity index (χ1n) is 11.0. The number of nitrogens with two attached hydrogens (primary N) is 1. The molecule has 3 rings (SSSR count). The second-order valence-electron chi connectivity index (χ2n) is 7.95. The van der Waals surface area contributed by atoms with E-state index in [-0.39, 0.29) is 49.0 Å². The van der Waals surface area contributed by atoms with E-state index in [4.69, 9.17) is 10.2 Å². The summed E-state index contributed by atoms with van der Waals surface area (Å²) in [5.74, 6) is -2.53. The summed E-state index contributed by atoms with van der Waals surface area (Å²) in [6, 6.07) is 16.4. The van der Waals surface area contributed by atoms with Crippen LogP contribution >= 0.6 is 0 Å². The molecule has 10 nitrogen and oxygen atoms in total. The van der Waals surface area contributed by atoms with E-state index in [1.807, 2.05) is 6.07 Å². The van der Waals surface area contributed by atoms with Gasteiger partial charge >= 0.3 is 0 Å². The number of nitrogens with zero attached hydrogens (tertiary/aromatic N) is 2. The monoisotopic (exact) mass is 498 g/mol. The molecule has 3 N–H and O–H groups in total. The van der Waals surface area contributed by atoms with Gasteiger partial charge in [0.05, 0.1) is 17.5 Å². The molecule has 0 fully saturated rings. The molecule has 0 unspecified atom stereocenters. The third-order valence-electron chi connectivity index (χ3n) is 5.09. The molecule has 0 bridgehead atoms. The van der Waals surface area contributed by atoms with Crippen molar-refractivity contribution in [2.75, 3.05) is 5.75 Å². The SMILES string of the molecule is NC(=O)CCC[C@@H](NC(=O)CCS(=O)(=O)Cc1ccccc1)C(=O)c1nnc(-c2ccccc2)o1. The van der Waals surface area contributed by atoms with Crippen LogP contribution in [0.1, 0.15) is 41.9 Å². The van der Waals surface area contributed by atoms with Crippen LogP contribution < -0.4 is 11.1 Å². The van der Waals surface area contributed by atoms with Gasteiger partial charge in [-0.1, -0.05) is 48.5 Å². The summed E-state index contributed by atoms with van der Waals surface area (Å²) in [6.07, 6.45) is 0.0173. The van der Waals surface area contributed by atoms with Crippen LogP contribution in [0.25, 0.3) is 11.5 Å². The minimum absolute atomic E-state index is 0.0181. The summed E-state index contributed by atoms with van der Waals surface area (Å²) in [7, 11) is -3.54. The fourth-order valence-electron chi connectivity index (χ4n) is 3.33. The molecule has 0 radical (unpaired) electrons. The van der Waals surface area contributed by atoms with Crippen LogP contribution in [0.5, 0.6) is 0 Å². The van der Waals surface area contributed by atoms with Crippen molar-refractivity contribution in [2.24, 2.45) is 5.73 Å². The van der Waals surface area contributed by atoms with Gasteiger partial charge in [0.25, 0.3) is 5.89 Å². The Morgan fingerprint density at radius 1 is 0.943 bits per heavy atom. The second kappa shape index (κ2) is 12.0. The van der Waals surface area contributed by atoms with Crippen molar-refractivity contribution in [3.8, 4) is 11.5 Å². The van der Waals surface area contributed by atoms with Crippen molar-refractivity contribution in [1.29, 1.82) is 0 Å². The Hall–Kier alpha value is -3.86. The van der Waals surface area contributed by atoms with Crippen LogP contribution in [0.4, 0.5) is 0 Å². The number of rotatable bonds is 13. The summed E-state index contributed by atoms with van der Waals surface area (Å²) in [5.41, 5.74) is 6.42. The number of primary amides is 1. The van der Waals surface area contributed by atoms with Crippen LogP contribution in [-0.2, 0) is 25.2 Å². The Morgan fingerprint density at radius 2 is 1.60 bits per heavy atom. The first-order valence-corrected chi connectivity index (χ1v) is 12.8. The minimum atomic E-state index is -3.54. The number of benzene rings is 2. The van der Waals surface area contributed by atoms with E-state index >= 15 is 0 Å². The average molecular weight is 499 g/mol. The Bertz CT molecular complexity index is 1260. The molecule has 0 saturated heterocycles. The number of nitrogens with one attached hydrogen (secondary N) is 1. The average Bonchev–Trinajstić information content (AvgIpc) is 3.33. The normalized spacial score (nSPS) is 12.1. The fourth-order valence-corrected chi connectivity index (χ4v) is 4.67. The zero-order valence-electron chi connectivity index (χ0n) is 18.9. The molecule has 0 spiro atoms. The van der Waals surface area contributed by atoms with Gasteiger partial charge in [0.2, 0.25) is 23.5 Å². The minimum Gasteiger partial charge on any atom is -0.414 e. The number of Topliss-reactive ketones (excluding diaryl/α,β-unsaturated/α-hetero) is 1. The maximum absolute atomic E-state index is 13.0. The standard InChI is InChI=1S/C24H26N4O6S/c25-20(29)13-7-12-19(22(31)24-28-27-23(34-24)18-10-5-2-6-11-18)26-21(30)14-15-35(32,33)16-17-8-3-1-4-9-17/h1-6,8-11,19H,7,12-16H2,(H2,25,29)(H,26,30)/t19-/m1/s1. The number of carbonyl (C=O) groups excluding carboxylic acids is 3. The molecule has 1 atom stereocenters. The summed E-state index contributed by atoms with van der Waals surface area (Å²) < 4.78 is 30.3. The topological polar surface area (TPSA) is 162 Å². The lowest BCUT2D eigenvalue weighted by Gasteiger charge is -2.16. The maximum atomic E-state index is 13.0. The van der Waals surface area contributed by atoms with Crippen molar-refractivity contribution >= 4 is 27.4 Å². The molecule has 184 valence electrons. The van der Waals surface area contributed by atoms with Crippen molar-refractivity contribution in [1.82, 2.24) is 15.5 Å². The largest absolute Gasteiger partial charge is 0.414 e. The van der Waals surface area contributed by atoms with Crippen molar-refractivity contribution < 1.29 is 27.2 Å². The first kappa shape index (κ1) is 25.8. The number of amides is 2. The highest BCUT2D eigenvalue weighted by atomic mass is 32.2. The Balaban J connectivity index is 1.65. The quantitative estimate of drug-likeness (QED) is 0.338. The molecule has 3 aromatic rings. The zero-order chi connectivity index (χ0) is 25.3. The third kappa shape index (κ3) is 8.14. The molecule has 2 aromatic carbocycles. The molecular weight excluding hydrogens is 472 g/mol. The highest BCUT2D eigenvalue weighted by Crippen LogP contribution is 2.18. The van der Waals surface area contributed by atoms with Gasteiger partial charge in [0, 0.05) is 18.4 Å². The van der Waals surface area contributed by atoms with Gasteiger partial charge in [-0.3, -0.25) is 14.4 Å². The molecule has 1 heterocycles. The van der Waals surface area contributed by atoms with E-state index in [1.54, 1.807) is 54.6 Å². The highest BCUT2D eigenvalue weighted by molar-refractivity contribution is 7.90. The Morgan fingerprint density at radius 3 is 2.26 bits per heavy atom. The van der Waals surface area contributed by atoms with Gasteiger partial charge in [0.1, 0.15) is 0 Å². The number of carbonyl (C=O) groups is 3. The third-order valence-corrected chi connectivity index (χ3v) is 6.69. The van der Waals surface area contributed by atoms with E-state index in [2.05, 4.69) is 15.5 Å². The molecule has 2 amide bonds. The van der Waals surface area contributed by atoms with Gasteiger partial charge < -0.3 is 15.5 Å². The van der Waals surface area contributed by atoms with E-state index in [9.17, 15) is 22.8 Å². The van der Waals surface area contributed by atoms with Crippen LogP contribution in [-0.4, -0.2) is 48.0 Å². The van der Waals surface area contributed by atoms with Crippen LogP contribution in [0, 0.1) is 0 Å². The molecule has 0 aliphatic rings. The fraction of sp³-hybridized carbons (Fsp3) is 0.292. The predicted molar refractivity (Wildman–Crippen MR) is 128 cm³/mol. The predicted octanol–water partition coefficient (Wildman–Crippen LogP) is 2.06. The molecule has 0 saturated carbocycles. The Kier molecular flexibility index (Phi) is 8.85. The molecular formula is C24H26N4O6S. The van der Waals surface area contributed by atoms with E-state index in [0.29, 0.717) is 11.1 Å². The summed E-state index contributed by atoms with van der Waals surface area (Å²) in [4.78, 5) is 36.6. The molecule has 35 heavy (non-hydrogen) atoms. The van der Waals surface area contributed by atoms with E-state index in [1.165, 1.54) is 0 Å². The lowest BCUT2D eigenvalue weighted by Crippen LogP contribution is -2.41. The van der Waals surface area contributed by atoms with Gasteiger partial charge in [-0.25, -0.2) is 8.42 Å². The first-order chi connectivity index (χ1) is 16.7. The van der Waals surface area contributed by atoms with Crippen molar-refractivity contribution in [3.63, 3.8) is 0 Å². The van der Waals surface area contributed by atoms with Gasteiger partial charge in [-0.2, -0.15) is 0 Å². The molecule has 11 heteroatoms.